The molecular weight excluding hydrogens is 313 g/mol. The maximum atomic E-state index is 13.3. The molecule has 0 aliphatic rings. The molecule has 2 aromatic rings. The average molecular weight is 326 g/mol. The van der Waals surface area contributed by atoms with Crippen LogP contribution >= 0.6 is 15.9 Å². The van der Waals surface area contributed by atoms with E-state index in [1.54, 1.807) is 24.4 Å². The van der Waals surface area contributed by atoms with Gasteiger partial charge < -0.3 is 9.47 Å². The van der Waals surface area contributed by atoms with E-state index in [0.717, 1.165) is 6.42 Å². The van der Waals surface area contributed by atoms with Crippen molar-refractivity contribution < 1.29 is 13.9 Å². The van der Waals surface area contributed by atoms with E-state index in [0.29, 0.717) is 28.5 Å². The third-order valence-electron chi connectivity index (χ3n) is 2.25. The van der Waals surface area contributed by atoms with Gasteiger partial charge in [-0.25, -0.2) is 9.37 Å². The number of hydrogen-bond acceptors (Lipinski definition) is 3. The second-order valence-corrected chi connectivity index (χ2v) is 4.78. The Balaban J connectivity index is 2.22. The van der Waals surface area contributed by atoms with Crippen LogP contribution in [0.1, 0.15) is 13.3 Å². The average Bonchev–Trinajstić information content (AvgIpc) is 2.36. The number of benzene rings is 1. The molecule has 1 heterocycles. The van der Waals surface area contributed by atoms with Crippen molar-refractivity contribution in [2.24, 2.45) is 0 Å². The summed E-state index contributed by atoms with van der Waals surface area (Å²) < 4.78 is 25.0. The Hall–Kier alpha value is -1.62. The number of pyridine rings is 1. The van der Waals surface area contributed by atoms with Crippen LogP contribution in [0.25, 0.3) is 0 Å². The van der Waals surface area contributed by atoms with E-state index in [1.807, 2.05) is 6.92 Å². The molecule has 19 heavy (non-hydrogen) atoms. The van der Waals surface area contributed by atoms with Crippen LogP contribution in [0.4, 0.5) is 4.39 Å². The maximum Gasteiger partial charge on any atom is 0.262 e. The minimum Gasteiger partial charge on any atom is -0.488 e. The molecule has 0 fully saturated rings. The van der Waals surface area contributed by atoms with Gasteiger partial charge in [0, 0.05) is 16.7 Å². The van der Waals surface area contributed by atoms with Crippen molar-refractivity contribution in [3.05, 3.63) is 46.8 Å². The van der Waals surface area contributed by atoms with Gasteiger partial charge in [-0.1, -0.05) is 22.9 Å². The molecule has 1 aromatic heterocycles. The second kappa shape index (κ2) is 6.52. The number of rotatable bonds is 5. The smallest absolute Gasteiger partial charge is 0.262 e. The fourth-order valence-corrected chi connectivity index (χ4v) is 1.92. The minimum absolute atomic E-state index is 0.327. The van der Waals surface area contributed by atoms with Crippen LogP contribution in [-0.2, 0) is 0 Å². The molecule has 0 spiro atoms. The zero-order chi connectivity index (χ0) is 13.7. The van der Waals surface area contributed by atoms with Crippen LogP contribution in [0.2, 0.25) is 0 Å². The molecule has 0 atom stereocenters. The Kier molecular flexibility index (Phi) is 4.74. The number of aromatic nitrogens is 1. The summed E-state index contributed by atoms with van der Waals surface area (Å²) >= 11 is 3.22. The van der Waals surface area contributed by atoms with Gasteiger partial charge in [-0.2, -0.15) is 0 Å². The summed E-state index contributed by atoms with van der Waals surface area (Å²) in [6, 6.07) is 7.86. The molecule has 0 aliphatic heterocycles. The Morgan fingerprint density at radius 1 is 1.32 bits per heavy atom. The van der Waals surface area contributed by atoms with Gasteiger partial charge in [0.1, 0.15) is 11.6 Å². The largest absolute Gasteiger partial charge is 0.488 e. The number of halogens is 2. The van der Waals surface area contributed by atoms with Gasteiger partial charge in [-0.15, -0.1) is 0 Å². The molecule has 0 saturated heterocycles. The predicted molar refractivity (Wildman–Crippen MR) is 74.2 cm³/mol. The highest BCUT2D eigenvalue weighted by Gasteiger charge is 2.08. The van der Waals surface area contributed by atoms with E-state index >= 15 is 0 Å². The molecule has 0 bridgehead atoms. The van der Waals surface area contributed by atoms with E-state index < -0.39 is 0 Å². The van der Waals surface area contributed by atoms with Crippen molar-refractivity contribution in [1.82, 2.24) is 4.98 Å². The summed E-state index contributed by atoms with van der Waals surface area (Å²) in [5, 5.41) is 0. The molecule has 0 aliphatic carbocycles. The number of hydrogen-bond donors (Lipinski definition) is 0. The van der Waals surface area contributed by atoms with Crippen LogP contribution in [0.3, 0.4) is 0 Å². The summed E-state index contributed by atoms with van der Waals surface area (Å²) in [6.45, 7) is 2.59. The summed E-state index contributed by atoms with van der Waals surface area (Å²) in [4.78, 5) is 4.10. The molecule has 100 valence electrons. The summed E-state index contributed by atoms with van der Waals surface area (Å²) in [6.07, 6.45) is 2.49. The number of ether oxygens (including phenoxy) is 2. The molecule has 1 aromatic carbocycles. The van der Waals surface area contributed by atoms with Gasteiger partial charge in [0.25, 0.3) is 5.88 Å². The van der Waals surface area contributed by atoms with Crippen molar-refractivity contribution in [3.8, 4) is 17.4 Å². The van der Waals surface area contributed by atoms with E-state index in [1.165, 1.54) is 12.1 Å². The van der Waals surface area contributed by atoms with E-state index in [9.17, 15) is 4.39 Å². The van der Waals surface area contributed by atoms with Crippen molar-refractivity contribution in [1.29, 1.82) is 0 Å². The normalized spacial score (nSPS) is 10.3. The lowest BCUT2D eigenvalue weighted by molar-refractivity contribution is 0.298. The second-order valence-electron chi connectivity index (χ2n) is 3.86. The topological polar surface area (TPSA) is 31.4 Å². The highest BCUT2D eigenvalue weighted by Crippen LogP contribution is 2.30. The third-order valence-corrected chi connectivity index (χ3v) is 2.71. The first-order valence-corrected chi connectivity index (χ1v) is 6.70. The Morgan fingerprint density at radius 3 is 2.89 bits per heavy atom. The lowest BCUT2D eigenvalue weighted by Crippen LogP contribution is -1.98. The van der Waals surface area contributed by atoms with Gasteiger partial charge >= 0.3 is 0 Å². The van der Waals surface area contributed by atoms with Crippen LogP contribution in [0.5, 0.6) is 17.4 Å². The summed E-state index contributed by atoms with van der Waals surface area (Å²) in [5.41, 5.74) is 0. The quantitative estimate of drug-likeness (QED) is 0.807. The molecule has 2 rings (SSSR count). The Bertz CT molecular complexity index is 543. The molecule has 0 saturated carbocycles. The van der Waals surface area contributed by atoms with Crippen molar-refractivity contribution >= 4 is 15.9 Å². The van der Waals surface area contributed by atoms with Crippen LogP contribution in [0, 0.1) is 5.82 Å². The Labute approximate surface area is 119 Å². The first-order chi connectivity index (χ1) is 9.19. The molecule has 0 N–H and O–H groups in total. The minimum atomic E-state index is -0.378. The van der Waals surface area contributed by atoms with Crippen molar-refractivity contribution in [3.63, 3.8) is 0 Å². The highest BCUT2D eigenvalue weighted by atomic mass is 79.9. The fourth-order valence-electron chi connectivity index (χ4n) is 1.47. The third kappa shape index (κ3) is 3.92. The SMILES string of the molecule is CCCOc1cccnc1Oc1cc(F)cc(Br)c1. The van der Waals surface area contributed by atoms with E-state index in [-0.39, 0.29) is 5.82 Å². The molecule has 0 radical (unpaired) electrons. The van der Waals surface area contributed by atoms with E-state index in [4.69, 9.17) is 9.47 Å². The van der Waals surface area contributed by atoms with Gasteiger partial charge in [0.2, 0.25) is 0 Å². The van der Waals surface area contributed by atoms with Gasteiger partial charge in [0.05, 0.1) is 6.61 Å². The Morgan fingerprint density at radius 2 is 2.16 bits per heavy atom. The zero-order valence-electron chi connectivity index (χ0n) is 10.4. The van der Waals surface area contributed by atoms with Crippen LogP contribution in [0.15, 0.2) is 41.0 Å². The lowest BCUT2D eigenvalue weighted by Gasteiger charge is -2.10. The van der Waals surface area contributed by atoms with Crippen LogP contribution in [-0.4, -0.2) is 11.6 Å². The van der Waals surface area contributed by atoms with Gasteiger partial charge in [-0.05, 0) is 30.7 Å². The molecule has 3 nitrogen and oxygen atoms in total. The molecule has 5 heteroatoms. The fraction of sp³-hybridized carbons (Fsp3) is 0.214. The van der Waals surface area contributed by atoms with Gasteiger partial charge in [0.15, 0.2) is 5.75 Å². The number of nitrogens with zero attached hydrogens (tertiary/aromatic N) is 1. The summed E-state index contributed by atoms with van der Waals surface area (Å²) in [7, 11) is 0. The molecule has 0 unspecified atom stereocenters. The summed E-state index contributed by atoms with van der Waals surface area (Å²) in [5.74, 6) is 0.862. The predicted octanol–water partition coefficient (Wildman–Crippen LogP) is 4.56. The van der Waals surface area contributed by atoms with Gasteiger partial charge in [-0.3, -0.25) is 0 Å². The van der Waals surface area contributed by atoms with E-state index in [2.05, 4.69) is 20.9 Å². The maximum absolute atomic E-state index is 13.3. The van der Waals surface area contributed by atoms with Crippen molar-refractivity contribution in [2.45, 2.75) is 13.3 Å². The van der Waals surface area contributed by atoms with Crippen LogP contribution < -0.4 is 9.47 Å². The molecule has 0 amide bonds. The first kappa shape index (κ1) is 13.8. The standard InChI is InChI=1S/C14H13BrFNO2/c1-2-6-18-13-4-3-5-17-14(13)19-12-8-10(15)7-11(16)9-12/h3-5,7-9H,2,6H2,1H3. The molecular formula is C14H13BrFNO2. The lowest BCUT2D eigenvalue weighted by atomic mass is 10.3. The first-order valence-electron chi connectivity index (χ1n) is 5.91. The monoisotopic (exact) mass is 325 g/mol. The van der Waals surface area contributed by atoms with Crippen molar-refractivity contribution in [2.75, 3.05) is 6.61 Å². The zero-order valence-corrected chi connectivity index (χ0v) is 12.0. The highest BCUT2D eigenvalue weighted by molar-refractivity contribution is 9.10.